The quantitative estimate of drug-likeness (QED) is 0.897. The molecule has 0 saturated carbocycles. The first-order valence-electron chi connectivity index (χ1n) is 6.14. The standard InChI is InChI=1S/C14H15BrN2O2S/c1-11-4-5-14(13(15)9-11)20(18,19)17-8-6-12-3-2-7-16-10-12/h2-5,7,9-10,17H,6,8H2,1H3. The number of nitrogens with one attached hydrogen (secondary N) is 1. The predicted octanol–water partition coefficient (Wildman–Crippen LogP) is 2.67. The van der Waals surface area contributed by atoms with Crippen molar-refractivity contribution in [2.24, 2.45) is 0 Å². The summed E-state index contributed by atoms with van der Waals surface area (Å²) in [7, 11) is -3.50. The Morgan fingerprint density at radius 3 is 2.75 bits per heavy atom. The molecule has 4 nitrogen and oxygen atoms in total. The van der Waals surface area contributed by atoms with Gasteiger partial charge in [-0.05, 0) is 58.6 Å². The molecule has 0 spiro atoms. The van der Waals surface area contributed by atoms with E-state index in [1.165, 1.54) is 0 Å². The summed E-state index contributed by atoms with van der Waals surface area (Å²) in [6.07, 6.45) is 4.03. The summed E-state index contributed by atoms with van der Waals surface area (Å²) >= 11 is 3.29. The lowest BCUT2D eigenvalue weighted by Gasteiger charge is -2.09. The van der Waals surface area contributed by atoms with Crippen LogP contribution >= 0.6 is 15.9 Å². The summed E-state index contributed by atoms with van der Waals surface area (Å²) in [4.78, 5) is 4.26. The highest BCUT2D eigenvalue weighted by Crippen LogP contribution is 2.22. The van der Waals surface area contributed by atoms with Gasteiger partial charge in [-0.3, -0.25) is 4.98 Å². The lowest BCUT2D eigenvalue weighted by atomic mass is 10.2. The summed E-state index contributed by atoms with van der Waals surface area (Å²) in [5, 5.41) is 0. The van der Waals surface area contributed by atoms with E-state index in [4.69, 9.17) is 0 Å². The van der Waals surface area contributed by atoms with Gasteiger partial charge < -0.3 is 0 Å². The number of benzene rings is 1. The van der Waals surface area contributed by atoms with Gasteiger partial charge in [0, 0.05) is 23.4 Å². The maximum atomic E-state index is 12.2. The zero-order valence-corrected chi connectivity index (χ0v) is 13.4. The minimum Gasteiger partial charge on any atom is -0.264 e. The molecule has 2 rings (SSSR count). The number of nitrogens with zero attached hydrogens (tertiary/aromatic N) is 1. The van der Waals surface area contributed by atoms with E-state index in [9.17, 15) is 8.42 Å². The predicted molar refractivity (Wildman–Crippen MR) is 82.0 cm³/mol. The van der Waals surface area contributed by atoms with Gasteiger partial charge in [0.15, 0.2) is 0 Å². The van der Waals surface area contributed by atoms with Crippen molar-refractivity contribution < 1.29 is 8.42 Å². The van der Waals surface area contributed by atoms with Crippen molar-refractivity contribution in [3.05, 3.63) is 58.3 Å². The number of hydrogen-bond donors (Lipinski definition) is 1. The first-order chi connectivity index (χ1) is 9.49. The maximum absolute atomic E-state index is 12.2. The summed E-state index contributed by atoms with van der Waals surface area (Å²) in [5.74, 6) is 0. The smallest absolute Gasteiger partial charge is 0.241 e. The Balaban J connectivity index is 2.04. The van der Waals surface area contributed by atoms with Gasteiger partial charge in [0.1, 0.15) is 0 Å². The van der Waals surface area contributed by atoms with Gasteiger partial charge in [0.25, 0.3) is 0 Å². The molecule has 0 aliphatic carbocycles. The van der Waals surface area contributed by atoms with E-state index in [-0.39, 0.29) is 4.90 Å². The normalized spacial score (nSPS) is 11.5. The zero-order chi connectivity index (χ0) is 14.6. The van der Waals surface area contributed by atoms with Crippen molar-refractivity contribution in [3.8, 4) is 0 Å². The molecule has 0 saturated heterocycles. The average Bonchev–Trinajstić information content (AvgIpc) is 2.39. The summed E-state index contributed by atoms with van der Waals surface area (Å²) in [6.45, 7) is 2.26. The Hall–Kier alpha value is -1.24. The van der Waals surface area contributed by atoms with E-state index in [2.05, 4.69) is 25.6 Å². The molecule has 6 heteroatoms. The number of aromatic nitrogens is 1. The average molecular weight is 355 g/mol. The Labute approximate surface area is 127 Å². The second-order valence-corrected chi connectivity index (χ2v) is 7.03. The van der Waals surface area contributed by atoms with Gasteiger partial charge in [-0.1, -0.05) is 12.1 Å². The van der Waals surface area contributed by atoms with Crippen LogP contribution in [0.2, 0.25) is 0 Å². The van der Waals surface area contributed by atoms with Gasteiger partial charge in [-0.2, -0.15) is 0 Å². The molecular weight excluding hydrogens is 340 g/mol. The monoisotopic (exact) mass is 354 g/mol. The third-order valence-corrected chi connectivity index (χ3v) is 5.24. The van der Waals surface area contributed by atoms with Gasteiger partial charge in [0.05, 0.1) is 4.90 Å². The molecule has 0 amide bonds. The molecule has 0 radical (unpaired) electrons. The van der Waals surface area contributed by atoms with Crippen LogP contribution in [0.5, 0.6) is 0 Å². The lowest BCUT2D eigenvalue weighted by molar-refractivity contribution is 0.581. The van der Waals surface area contributed by atoms with Crippen molar-refractivity contribution in [1.82, 2.24) is 9.71 Å². The van der Waals surface area contributed by atoms with Crippen molar-refractivity contribution in [3.63, 3.8) is 0 Å². The molecule has 2 aromatic rings. The van der Waals surface area contributed by atoms with Crippen molar-refractivity contribution in [1.29, 1.82) is 0 Å². The summed E-state index contributed by atoms with van der Waals surface area (Å²) < 4.78 is 27.6. The summed E-state index contributed by atoms with van der Waals surface area (Å²) in [5.41, 5.74) is 2.00. The third-order valence-electron chi connectivity index (χ3n) is 2.81. The molecule has 1 heterocycles. The van der Waals surface area contributed by atoms with E-state index < -0.39 is 10.0 Å². The first-order valence-corrected chi connectivity index (χ1v) is 8.41. The second kappa shape index (κ2) is 6.47. The molecule has 1 aromatic carbocycles. The largest absolute Gasteiger partial charge is 0.264 e. The van der Waals surface area contributed by atoms with Crippen LogP contribution in [0.4, 0.5) is 0 Å². The van der Waals surface area contributed by atoms with Crippen LogP contribution in [0, 0.1) is 6.92 Å². The topological polar surface area (TPSA) is 59.1 Å². The Morgan fingerprint density at radius 2 is 2.10 bits per heavy atom. The molecule has 0 bridgehead atoms. The van der Waals surface area contributed by atoms with Crippen LogP contribution in [-0.4, -0.2) is 19.9 Å². The van der Waals surface area contributed by atoms with Crippen molar-refractivity contribution in [2.45, 2.75) is 18.2 Å². The van der Waals surface area contributed by atoms with E-state index in [1.54, 1.807) is 30.6 Å². The number of sulfonamides is 1. The van der Waals surface area contributed by atoms with Crippen LogP contribution < -0.4 is 4.72 Å². The number of pyridine rings is 1. The van der Waals surface area contributed by atoms with E-state index in [0.717, 1.165) is 11.1 Å². The highest BCUT2D eigenvalue weighted by molar-refractivity contribution is 9.10. The molecule has 20 heavy (non-hydrogen) atoms. The van der Waals surface area contributed by atoms with Crippen LogP contribution in [0.15, 0.2) is 52.1 Å². The molecule has 0 atom stereocenters. The molecular formula is C14H15BrN2O2S. The molecule has 1 N–H and O–H groups in total. The van der Waals surface area contributed by atoms with Crippen molar-refractivity contribution >= 4 is 26.0 Å². The SMILES string of the molecule is Cc1ccc(S(=O)(=O)NCCc2cccnc2)c(Br)c1. The van der Waals surface area contributed by atoms with E-state index >= 15 is 0 Å². The molecule has 0 aliphatic heterocycles. The van der Waals surface area contributed by atoms with Crippen LogP contribution in [0.1, 0.15) is 11.1 Å². The number of hydrogen-bond acceptors (Lipinski definition) is 3. The minimum atomic E-state index is -3.50. The lowest BCUT2D eigenvalue weighted by Crippen LogP contribution is -2.26. The van der Waals surface area contributed by atoms with Crippen LogP contribution in [0.25, 0.3) is 0 Å². The van der Waals surface area contributed by atoms with E-state index in [1.807, 2.05) is 19.1 Å². The molecule has 0 unspecified atom stereocenters. The van der Waals surface area contributed by atoms with Gasteiger partial charge in [0.2, 0.25) is 10.0 Å². The zero-order valence-electron chi connectivity index (χ0n) is 11.0. The van der Waals surface area contributed by atoms with E-state index in [0.29, 0.717) is 17.4 Å². The third kappa shape index (κ3) is 3.88. The van der Waals surface area contributed by atoms with Crippen molar-refractivity contribution in [2.75, 3.05) is 6.54 Å². The fourth-order valence-corrected chi connectivity index (χ4v) is 4.00. The van der Waals surface area contributed by atoms with Crippen LogP contribution in [0.3, 0.4) is 0 Å². The maximum Gasteiger partial charge on any atom is 0.241 e. The number of rotatable bonds is 5. The minimum absolute atomic E-state index is 0.259. The molecule has 0 aliphatic rings. The van der Waals surface area contributed by atoms with Gasteiger partial charge in [-0.15, -0.1) is 0 Å². The molecule has 106 valence electrons. The fourth-order valence-electron chi connectivity index (χ4n) is 1.78. The second-order valence-electron chi connectivity index (χ2n) is 4.44. The highest BCUT2D eigenvalue weighted by Gasteiger charge is 2.16. The van der Waals surface area contributed by atoms with Crippen LogP contribution in [-0.2, 0) is 16.4 Å². The Bertz CT molecular complexity index is 688. The van der Waals surface area contributed by atoms with Gasteiger partial charge in [-0.25, -0.2) is 13.1 Å². The Morgan fingerprint density at radius 1 is 1.30 bits per heavy atom. The van der Waals surface area contributed by atoms with Gasteiger partial charge >= 0.3 is 0 Å². The summed E-state index contributed by atoms with van der Waals surface area (Å²) in [6, 6.07) is 8.92. The number of halogens is 1. The molecule has 0 fully saturated rings. The highest BCUT2D eigenvalue weighted by atomic mass is 79.9. The molecule has 1 aromatic heterocycles. The fraction of sp³-hybridized carbons (Fsp3) is 0.214. The Kier molecular flexibility index (Phi) is 4.91. The number of aryl methyl sites for hydroxylation is 1. The first kappa shape index (κ1) is 15.2.